The molecule has 134 valence electrons. The number of nitrogen functional groups attached to an aromatic ring is 1. The average Bonchev–Trinajstić information content (AvgIpc) is 3.03. The molecule has 2 heterocycles. The van der Waals surface area contributed by atoms with Crippen LogP contribution >= 0.6 is 11.6 Å². The molecule has 2 aromatic heterocycles. The van der Waals surface area contributed by atoms with Gasteiger partial charge >= 0.3 is 0 Å². The van der Waals surface area contributed by atoms with Crippen LogP contribution in [0.1, 0.15) is 5.56 Å². The summed E-state index contributed by atoms with van der Waals surface area (Å²) in [4.78, 5) is 8.32. The molecule has 0 aliphatic heterocycles. The smallest absolute Gasteiger partial charge is 0.242 e. The van der Waals surface area contributed by atoms with Gasteiger partial charge in [-0.15, -0.1) is 5.10 Å². The van der Waals surface area contributed by atoms with E-state index in [9.17, 15) is 4.39 Å². The fraction of sp³-hybridized carbons (Fsp3) is 0.0500. The van der Waals surface area contributed by atoms with E-state index in [2.05, 4.69) is 15.1 Å². The second-order valence-electron chi connectivity index (χ2n) is 6.01. The molecule has 0 aliphatic carbocycles. The second-order valence-corrected chi connectivity index (χ2v) is 6.44. The quantitative estimate of drug-likeness (QED) is 0.569. The highest BCUT2D eigenvalue weighted by molar-refractivity contribution is 6.30. The Bertz CT molecular complexity index is 1080. The first kappa shape index (κ1) is 17.2. The monoisotopic (exact) mass is 379 g/mol. The van der Waals surface area contributed by atoms with Gasteiger partial charge in [-0.1, -0.05) is 54.1 Å². The molecule has 0 saturated carbocycles. The third-order valence-corrected chi connectivity index (χ3v) is 4.42. The van der Waals surface area contributed by atoms with Gasteiger partial charge in [0.2, 0.25) is 5.95 Å². The average molecular weight is 380 g/mol. The molecule has 0 aliphatic rings. The molecule has 2 aromatic carbocycles. The van der Waals surface area contributed by atoms with Crippen LogP contribution in [0.2, 0.25) is 5.02 Å². The molecule has 0 bridgehead atoms. The largest absolute Gasteiger partial charge is 0.383 e. The van der Waals surface area contributed by atoms with Crippen molar-refractivity contribution in [1.29, 1.82) is 0 Å². The van der Waals surface area contributed by atoms with E-state index >= 15 is 0 Å². The summed E-state index contributed by atoms with van der Waals surface area (Å²) in [5.74, 6) is -0.350. The van der Waals surface area contributed by atoms with Gasteiger partial charge in [-0.2, -0.15) is 4.39 Å². The summed E-state index contributed by atoms with van der Waals surface area (Å²) >= 11 is 5.97. The van der Waals surface area contributed by atoms with E-state index in [0.717, 1.165) is 11.1 Å². The summed E-state index contributed by atoms with van der Waals surface area (Å²) < 4.78 is 16.2. The van der Waals surface area contributed by atoms with Crippen molar-refractivity contribution in [3.8, 4) is 22.4 Å². The minimum atomic E-state index is -0.612. The SMILES string of the molecule is Nc1ncnc(-c2cn(Cc3ccccc3)nc2F)c1-c1ccc(Cl)cc1. The van der Waals surface area contributed by atoms with Crippen molar-refractivity contribution in [1.82, 2.24) is 19.7 Å². The Balaban J connectivity index is 1.78. The number of anilines is 1. The molecule has 0 fully saturated rings. The van der Waals surface area contributed by atoms with Crippen molar-refractivity contribution in [3.63, 3.8) is 0 Å². The van der Waals surface area contributed by atoms with E-state index in [1.807, 2.05) is 30.3 Å². The van der Waals surface area contributed by atoms with E-state index in [4.69, 9.17) is 17.3 Å². The maximum absolute atomic E-state index is 14.6. The van der Waals surface area contributed by atoms with E-state index in [1.54, 1.807) is 35.1 Å². The van der Waals surface area contributed by atoms with Crippen LogP contribution in [-0.2, 0) is 6.54 Å². The van der Waals surface area contributed by atoms with Crippen LogP contribution in [0.5, 0.6) is 0 Å². The highest BCUT2D eigenvalue weighted by Gasteiger charge is 2.19. The van der Waals surface area contributed by atoms with Crippen LogP contribution in [0.25, 0.3) is 22.4 Å². The Labute approximate surface area is 160 Å². The molecule has 0 unspecified atom stereocenters. The molecular formula is C20H15ClFN5. The number of rotatable bonds is 4. The molecule has 27 heavy (non-hydrogen) atoms. The van der Waals surface area contributed by atoms with Crippen LogP contribution in [0, 0.1) is 5.95 Å². The summed E-state index contributed by atoms with van der Waals surface area (Å²) in [6.45, 7) is 0.453. The second kappa shape index (κ2) is 7.17. The van der Waals surface area contributed by atoms with Crippen molar-refractivity contribution in [3.05, 3.63) is 83.7 Å². The predicted octanol–water partition coefficient (Wildman–Crippen LogP) is 4.43. The normalized spacial score (nSPS) is 10.9. The standard InChI is InChI=1S/C20H15ClFN5/c21-15-8-6-14(7-9-15)17-18(24-12-25-20(17)23)16-11-27(26-19(16)22)10-13-4-2-1-3-5-13/h1-9,11-12H,10H2,(H2,23,24,25). The molecule has 0 spiro atoms. The maximum Gasteiger partial charge on any atom is 0.242 e. The van der Waals surface area contributed by atoms with Crippen LogP contribution in [-0.4, -0.2) is 19.7 Å². The van der Waals surface area contributed by atoms with Crippen molar-refractivity contribution < 1.29 is 4.39 Å². The zero-order valence-electron chi connectivity index (χ0n) is 14.2. The summed E-state index contributed by atoms with van der Waals surface area (Å²) in [6, 6.07) is 16.8. The minimum Gasteiger partial charge on any atom is -0.383 e. The summed E-state index contributed by atoms with van der Waals surface area (Å²) in [6.07, 6.45) is 2.95. The van der Waals surface area contributed by atoms with E-state index in [-0.39, 0.29) is 11.4 Å². The van der Waals surface area contributed by atoms with Crippen LogP contribution in [0.4, 0.5) is 10.2 Å². The molecule has 4 rings (SSSR count). The van der Waals surface area contributed by atoms with Crippen LogP contribution in [0.3, 0.4) is 0 Å². The number of benzene rings is 2. The molecule has 0 saturated heterocycles. The number of nitrogens with two attached hydrogens (primary N) is 1. The number of aromatic nitrogens is 4. The molecule has 5 nitrogen and oxygen atoms in total. The van der Waals surface area contributed by atoms with Crippen LogP contribution in [0.15, 0.2) is 67.1 Å². The summed E-state index contributed by atoms with van der Waals surface area (Å²) in [7, 11) is 0. The molecule has 0 atom stereocenters. The van der Waals surface area contributed by atoms with Gasteiger partial charge < -0.3 is 5.73 Å². The first-order chi connectivity index (χ1) is 13.1. The maximum atomic E-state index is 14.6. The number of nitrogens with zero attached hydrogens (tertiary/aromatic N) is 4. The molecular weight excluding hydrogens is 365 g/mol. The zero-order valence-corrected chi connectivity index (χ0v) is 14.9. The van der Waals surface area contributed by atoms with Gasteiger partial charge in [-0.25, -0.2) is 9.97 Å². The summed E-state index contributed by atoms with van der Waals surface area (Å²) in [5, 5.41) is 4.58. The third kappa shape index (κ3) is 3.52. The van der Waals surface area contributed by atoms with Crippen molar-refractivity contribution >= 4 is 17.4 Å². The lowest BCUT2D eigenvalue weighted by Gasteiger charge is -2.09. The minimum absolute atomic E-state index is 0.262. The highest BCUT2D eigenvalue weighted by atomic mass is 35.5. The number of hydrogen-bond donors (Lipinski definition) is 1. The Morgan fingerprint density at radius 1 is 1.00 bits per heavy atom. The Morgan fingerprint density at radius 3 is 2.48 bits per heavy atom. The van der Waals surface area contributed by atoms with Gasteiger partial charge in [0.15, 0.2) is 0 Å². The molecule has 4 aromatic rings. The number of hydrogen-bond acceptors (Lipinski definition) is 4. The molecule has 0 radical (unpaired) electrons. The van der Waals surface area contributed by atoms with E-state index in [0.29, 0.717) is 22.8 Å². The lowest BCUT2D eigenvalue weighted by atomic mass is 10.0. The predicted molar refractivity (Wildman–Crippen MR) is 104 cm³/mol. The molecule has 0 amide bonds. The van der Waals surface area contributed by atoms with Gasteiger partial charge in [0.05, 0.1) is 23.4 Å². The Morgan fingerprint density at radius 2 is 1.74 bits per heavy atom. The first-order valence-corrected chi connectivity index (χ1v) is 8.63. The van der Waals surface area contributed by atoms with Gasteiger partial charge in [0.25, 0.3) is 0 Å². The van der Waals surface area contributed by atoms with Crippen molar-refractivity contribution in [2.75, 3.05) is 5.73 Å². The fourth-order valence-electron chi connectivity index (χ4n) is 2.91. The van der Waals surface area contributed by atoms with Gasteiger partial charge in [-0.05, 0) is 23.3 Å². The van der Waals surface area contributed by atoms with Crippen molar-refractivity contribution in [2.45, 2.75) is 6.54 Å². The highest BCUT2D eigenvalue weighted by Crippen LogP contribution is 2.35. The lowest BCUT2D eigenvalue weighted by Crippen LogP contribution is -2.00. The first-order valence-electron chi connectivity index (χ1n) is 8.25. The van der Waals surface area contributed by atoms with Gasteiger partial charge in [0.1, 0.15) is 12.1 Å². The van der Waals surface area contributed by atoms with Gasteiger partial charge in [0, 0.05) is 11.2 Å². The fourth-order valence-corrected chi connectivity index (χ4v) is 3.04. The Kier molecular flexibility index (Phi) is 4.56. The van der Waals surface area contributed by atoms with E-state index in [1.165, 1.54) is 6.33 Å². The van der Waals surface area contributed by atoms with E-state index < -0.39 is 5.95 Å². The molecule has 2 N–H and O–H groups in total. The third-order valence-electron chi connectivity index (χ3n) is 4.17. The zero-order chi connectivity index (χ0) is 18.8. The topological polar surface area (TPSA) is 69.6 Å². The summed E-state index contributed by atoms with van der Waals surface area (Å²) in [5.41, 5.74) is 9.06. The van der Waals surface area contributed by atoms with Crippen LogP contribution < -0.4 is 5.73 Å². The Hall–Kier alpha value is -3.25. The van der Waals surface area contributed by atoms with Gasteiger partial charge in [-0.3, -0.25) is 4.68 Å². The lowest BCUT2D eigenvalue weighted by molar-refractivity contribution is 0.541. The molecule has 7 heteroatoms. The van der Waals surface area contributed by atoms with Crippen molar-refractivity contribution in [2.24, 2.45) is 0 Å². The number of halogens is 2.